The van der Waals surface area contributed by atoms with E-state index in [1.165, 1.54) is 5.69 Å². The molecule has 0 aromatic carbocycles. The van der Waals surface area contributed by atoms with Crippen LogP contribution in [0.3, 0.4) is 0 Å². The summed E-state index contributed by atoms with van der Waals surface area (Å²) in [5.74, 6) is 0.312. The van der Waals surface area contributed by atoms with Crippen LogP contribution >= 0.6 is 0 Å². The lowest BCUT2D eigenvalue weighted by molar-refractivity contribution is 0.0966. The van der Waals surface area contributed by atoms with Gasteiger partial charge < -0.3 is 9.30 Å². The number of nitrogens with zero attached hydrogens (tertiary/aromatic N) is 1. The summed E-state index contributed by atoms with van der Waals surface area (Å²) in [5, 5.41) is 0. The minimum absolute atomic E-state index is 0.272. The van der Waals surface area contributed by atoms with Crippen LogP contribution in [0.2, 0.25) is 0 Å². The number of ketones is 1. The third-order valence-electron chi connectivity index (χ3n) is 3.84. The summed E-state index contributed by atoms with van der Waals surface area (Å²) in [6.07, 6.45) is 6.16. The molecular formula is C13H17NO2. The summed E-state index contributed by atoms with van der Waals surface area (Å²) in [6, 6.07) is 2.41. The van der Waals surface area contributed by atoms with E-state index in [1.807, 2.05) is 6.07 Å². The van der Waals surface area contributed by atoms with Crippen LogP contribution in [0, 0.1) is 0 Å². The number of carbonyl (C=O) groups is 1. The molecule has 0 saturated carbocycles. The summed E-state index contributed by atoms with van der Waals surface area (Å²) < 4.78 is 7.88. The second-order valence-corrected chi connectivity index (χ2v) is 4.79. The Hall–Kier alpha value is -1.09. The molecule has 2 unspecified atom stereocenters. The first-order valence-corrected chi connectivity index (χ1v) is 6.12. The third-order valence-corrected chi connectivity index (χ3v) is 3.84. The number of rotatable bonds is 1. The highest BCUT2D eigenvalue weighted by molar-refractivity contribution is 5.98. The zero-order chi connectivity index (χ0) is 11.1. The summed E-state index contributed by atoms with van der Waals surface area (Å²) >= 11 is 0. The van der Waals surface area contributed by atoms with Crippen LogP contribution < -0.4 is 0 Å². The van der Waals surface area contributed by atoms with Crippen molar-refractivity contribution in [3.05, 3.63) is 23.5 Å². The first-order valence-electron chi connectivity index (χ1n) is 6.12. The maximum atomic E-state index is 11.8. The maximum Gasteiger partial charge on any atom is 0.164 e. The Balaban J connectivity index is 1.99. The van der Waals surface area contributed by atoms with E-state index in [2.05, 4.69) is 17.7 Å². The number of hydrogen-bond donors (Lipinski definition) is 0. The van der Waals surface area contributed by atoms with E-state index in [9.17, 15) is 4.79 Å². The van der Waals surface area contributed by atoms with Crippen LogP contribution in [-0.2, 0) is 11.2 Å². The zero-order valence-electron chi connectivity index (χ0n) is 9.61. The third kappa shape index (κ3) is 1.42. The van der Waals surface area contributed by atoms with Crippen molar-refractivity contribution in [3.63, 3.8) is 0 Å². The van der Waals surface area contributed by atoms with Crippen molar-refractivity contribution < 1.29 is 9.53 Å². The molecule has 2 heterocycles. The lowest BCUT2D eigenvalue weighted by Crippen LogP contribution is -2.20. The topological polar surface area (TPSA) is 31.2 Å². The van der Waals surface area contributed by atoms with E-state index < -0.39 is 0 Å². The van der Waals surface area contributed by atoms with Crippen molar-refractivity contribution in [2.75, 3.05) is 6.61 Å². The van der Waals surface area contributed by atoms with Gasteiger partial charge in [0.2, 0.25) is 0 Å². The van der Waals surface area contributed by atoms with Crippen molar-refractivity contribution in [2.24, 2.45) is 0 Å². The quantitative estimate of drug-likeness (QED) is 0.726. The number of carbonyl (C=O) groups excluding carboxylic acids is 1. The van der Waals surface area contributed by atoms with Crippen LogP contribution in [0.4, 0.5) is 0 Å². The molecule has 1 aromatic rings. The molecule has 2 atom stereocenters. The van der Waals surface area contributed by atoms with Crippen molar-refractivity contribution >= 4 is 5.78 Å². The van der Waals surface area contributed by atoms with Crippen molar-refractivity contribution in [2.45, 2.75) is 44.8 Å². The van der Waals surface area contributed by atoms with E-state index in [4.69, 9.17) is 4.74 Å². The lowest BCUT2D eigenvalue weighted by Gasteiger charge is -2.22. The standard InChI is InChI=1S/C13H17NO2/c1-9-11(6-8-16-9)14-7-5-10-12(14)3-2-4-13(10)15/h5,7,9,11H,2-4,6,8H2,1H3. The first-order chi connectivity index (χ1) is 7.77. The number of fused-ring (bicyclic) bond motifs is 1. The van der Waals surface area contributed by atoms with E-state index in [1.54, 1.807) is 0 Å². The molecule has 0 spiro atoms. The number of Topliss-reactive ketones (excluding diaryl/α,β-unsaturated/α-hetero) is 1. The number of ether oxygens (including phenoxy) is 1. The molecule has 1 fully saturated rings. The second kappa shape index (κ2) is 3.74. The van der Waals surface area contributed by atoms with Gasteiger partial charge >= 0.3 is 0 Å². The highest BCUT2D eigenvalue weighted by Crippen LogP contribution is 2.31. The molecule has 16 heavy (non-hydrogen) atoms. The van der Waals surface area contributed by atoms with Crippen LogP contribution in [-0.4, -0.2) is 23.1 Å². The molecule has 3 heteroatoms. The monoisotopic (exact) mass is 219 g/mol. The molecule has 3 rings (SSSR count). The average Bonchev–Trinajstić information content (AvgIpc) is 2.84. The fourth-order valence-corrected chi connectivity index (χ4v) is 2.95. The molecule has 0 amide bonds. The Bertz CT molecular complexity index is 422. The Morgan fingerprint density at radius 3 is 3.06 bits per heavy atom. The lowest BCUT2D eigenvalue weighted by atomic mass is 9.96. The molecule has 2 aliphatic rings. The van der Waals surface area contributed by atoms with Crippen molar-refractivity contribution in [1.82, 2.24) is 4.57 Å². The zero-order valence-corrected chi connectivity index (χ0v) is 9.61. The maximum absolute atomic E-state index is 11.8. The van der Waals surface area contributed by atoms with Gasteiger partial charge in [-0.3, -0.25) is 4.79 Å². The predicted octanol–water partition coefficient (Wildman–Crippen LogP) is 2.36. The minimum atomic E-state index is 0.272. The van der Waals surface area contributed by atoms with Gasteiger partial charge in [-0.15, -0.1) is 0 Å². The van der Waals surface area contributed by atoms with Crippen LogP contribution in [0.15, 0.2) is 12.3 Å². The van der Waals surface area contributed by atoms with Gasteiger partial charge in [0.15, 0.2) is 5.78 Å². The van der Waals surface area contributed by atoms with Gasteiger partial charge in [-0.1, -0.05) is 0 Å². The number of hydrogen-bond acceptors (Lipinski definition) is 2. The molecule has 0 radical (unpaired) electrons. The Kier molecular flexibility index (Phi) is 2.36. The average molecular weight is 219 g/mol. The SMILES string of the molecule is CC1OCCC1n1ccc2c1CCCC2=O. The first kappa shape index (κ1) is 10.1. The van der Waals surface area contributed by atoms with Crippen molar-refractivity contribution in [1.29, 1.82) is 0 Å². The fourth-order valence-electron chi connectivity index (χ4n) is 2.95. The molecule has 3 nitrogen and oxygen atoms in total. The largest absolute Gasteiger partial charge is 0.376 e. The summed E-state index contributed by atoms with van der Waals surface area (Å²) in [6.45, 7) is 2.96. The normalized spacial score (nSPS) is 29.4. The Morgan fingerprint density at radius 2 is 2.31 bits per heavy atom. The highest BCUT2D eigenvalue weighted by atomic mass is 16.5. The highest BCUT2D eigenvalue weighted by Gasteiger charge is 2.30. The van der Waals surface area contributed by atoms with Gasteiger partial charge in [-0.05, 0) is 32.3 Å². The Morgan fingerprint density at radius 1 is 1.44 bits per heavy atom. The van der Waals surface area contributed by atoms with E-state index >= 15 is 0 Å². The van der Waals surface area contributed by atoms with Crippen molar-refractivity contribution in [3.8, 4) is 0 Å². The molecular weight excluding hydrogens is 202 g/mol. The summed E-state index contributed by atoms with van der Waals surface area (Å²) in [7, 11) is 0. The van der Waals surface area contributed by atoms with Gasteiger partial charge in [0.25, 0.3) is 0 Å². The van der Waals surface area contributed by atoms with E-state index in [0.717, 1.165) is 31.4 Å². The molecule has 1 aliphatic heterocycles. The van der Waals surface area contributed by atoms with Gasteiger partial charge in [0.05, 0.1) is 12.1 Å². The molecule has 0 bridgehead atoms. The minimum Gasteiger partial charge on any atom is -0.376 e. The molecule has 86 valence electrons. The van der Waals surface area contributed by atoms with Gasteiger partial charge in [0.1, 0.15) is 0 Å². The van der Waals surface area contributed by atoms with Gasteiger partial charge in [-0.2, -0.15) is 0 Å². The van der Waals surface area contributed by atoms with E-state index in [0.29, 0.717) is 18.2 Å². The molecule has 1 aliphatic carbocycles. The van der Waals surface area contributed by atoms with Crippen LogP contribution in [0.25, 0.3) is 0 Å². The van der Waals surface area contributed by atoms with Gasteiger partial charge in [-0.25, -0.2) is 0 Å². The summed E-state index contributed by atoms with van der Waals surface area (Å²) in [4.78, 5) is 11.8. The smallest absolute Gasteiger partial charge is 0.164 e. The van der Waals surface area contributed by atoms with E-state index in [-0.39, 0.29) is 6.10 Å². The molecule has 1 aromatic heterocycles. The van der Waals surface area contributed by atoms with Crippen LogP contribution in [0.1, 0.15) is 48.3 Å². The predicted molar refractivity (Wildman–Crippen MR) is 60.8 cm³/mol. The molecule has 0 N–H and O–H groups in total. The fraction of sp³-hybridized carbons (Fsp3) is 0.615. The second-order valence-electron chi connectivity index (χ2n) is 4.79. The van der Waals surface area contributed by atoms with Gasteiger partial charge in [0, 0.05) is 30.5 Å². The summed E-state index contributed by atoms with van der Waals surface area (Å²) in [5.41, 5.74) is 2.18. The number of aromatic nitrogens is 1. The van der Waals surface area contributed by atoms with Crippen LogP contribution in [0.5, 0.6) is 0 Å². The Labute approximate surface area is 95.4 Å². The molecule has 1 saturated heterocycles.